The van der Waals surface area contributed by atoms with Crippen LogP contribution in [0.1, 0.15) is 18.2 Å². The number of carbonyl (C=O) groups excluding carboxylic acids is 3. The number of aliphatic carboxylic acids is 1. The van der Waals surface area contributed by atoms with E-state index in [1.807, 2.05) is 0 Å². The average molecular weight is 401 g/mol. The van der Waals surface area contributed by atoms with Crippen LogP contribution in [0.25, 0.3) is 6.08 Å². The van der Waals surface area contributed by atoms with E-state index >= 15 is 0 Å². The minimum absolute atomic E-state index is 0. The maximum atomic E-state index is 12.5. The van der Waals surface area contributed by atoms with E-state index in [9.17, 15) is 24.6 Å². The number of amides is 2. The Hall–Kier alpha value is -1.59. The quantitative estimate of drug-likeness (QED) is 0.287. The molecule has 2 aliphatic heterocycles. The largest absolute Gasteiger partial charge is 1.00 e. The molecule has 9 nitrogen and oxygen atoms in total. The van der Waals surface area contributed by atoms with Crippen LogP contribution in [-0.4, -0.2) is 55.7 Å². The van der Waals surface area contributed by atoms with Gasteiger partial charge in [-0.15, -0.1) is 11.8 Å². The molecular formula is C16H16N3NaO6S. The maximum absolute atomic E-state index is 12.5. The molecule has 0 spiro atoms. The normalized spacial score (nSPS) is 27.6. The first kappa shape index (κ1) is 21.7. The van der Waals surface area contributed by atoms with Crippen molar-refractivity contribution in [2.45, 2.75) is 29.7 Å². The SMILES string of the molecule is C[C@@]1(COC(N)=O)SC2/C(=C\c3cc(CO)ccn3)C(=O)N2[C@H]1C(=O)[O-].[Na+]. The van der Waals surface area contributed by atoms with Crippen molar-refractivity contribution in [2.75, 3.05) is 6.61 Å². The molecule has 3 rings (SSSR count). The first-order valence-electron chi connectivity index (χ1n) is 7.68. The van der Waals surface area contributed by atoms with Crippen molar-refractivity contribution in [1.82, 2.24) is 9.88 Å². The zero-order chi connectivity index (χ0) is 19.1. The number of nitrogens with two attached hydrogens (primary N) is 1. The van der Waals surface area contributed by atoms with Crippen LogP contribution >= 0.6 is 11.8 Å². The number of rotatable bonds is 5. The van der Waals surface area contributed by atoms with Gasteiger partial charge in [-0.2, -0.15) is 0 Å². The molecule has 2 fully saturated rings. The summed E-state index contributed by atoms with van der Waals surface area (Å²) < 4.78 is 3.69. The monoisotopic (exact) mass is 401 g/mol. The van der Waals surface area contributed by atoms with Gasteiger partial charge in [0.1, 0.15) is 12.0 Å². The van der Waals surface area contributed by atoms with Crippen molar-refractivity contribution in [1.29, 1.82) is 0 Å². The van der Waals surface area contributed by atoms with Crippen LogP contribution in [0, 0.1) is 0 Å². The summed E-state index contributed by atoms with van der Waals surface area (Å²) in [4.78, 5) is 40.3. The van der Waals surface area contributed by atoms with Crippen molar-refractivity contribution in [3.05, 3.63) is 35.2 Å². The van der Waals surface area contributed by atoms with E-state index in [2.05, 4.69) is 4.98 Å². The molecule has 1 aromatic rings. The Bertz CT molecular complexity index is 819. The number of primary amides is 1. The zero-order valence-electron chi connectivity index (χ0n) is 14.7. The molecule has 0 saturated carbocycles. The molecule has 3 heterocycles. The molecule has 0 aliphatic carbocycles. The Labute approximate surface area is 181 Å². The number of carbonyl (C=O) groups is 3. The van der Waals surface area contributed by atoms with E-state index in [0.717, 1.165) is 0 Å². The van der Waals surface area contributed by atoms with Crippen LogP contribution in [0.2, 0.25) is 0 Å². The van der Waals surface area contributed by atoms with Crippen molar-refractivity contribution in [2.24, 2.45) is 5.73 Å². The molecular weight excluding hydrogens is 385 g/mol. The number of β-lactam (4-membered cyclic amide) rings is 1. The standard InChI is InChI=1S/C16H17N3O6S.Na/c1-16(7-25-15(17)24)11(14(22)23)19-12(21)10(13(19)26-16)5-9-4-8(6-20)2-3-18-9;/h2-5,11,13,20H,6-7H2,1H3,(H2,17,24)(H,22,23);/q;+1/p-1/b10-5-;/t11-,13?,16-;/m0./s1. The first-order valence-corrected chi connectivity index (χ1v) is 8.56. The second-order valence-corrected chi connectivity index (χ2v) is 7.79. The summed E-state index contributed by atoms with van der Waals surface area (Å²) in [7, 11) is 0. The zero-order valence-corrected chi connectivity index (χ0v) is 17.6. The number of carboxylic acids is 1. The van der Waals surface area contributed by atoms with Gasteiger partial charge in [0.05, 0.1) is 34.6 Å². The molecule has 11 heteroatoms. The minimum atomic E-state index is -1.43. The Morgan fingerprint density at radius 2 is 2.26 bits per heavy atom. The third-order valence-corrected chi connectivity index (χ3v) is 5.88. The average Bonchev–Trinajstić information content (AvgIpc) is 2.89. The van der Waals surface area contributed by atoms with Gasteiger partial charge in [-0.05, 0) is 30.7 Å². The van der Waals surface area contributed by atoms with Gasteiger partial charge >= 0.3 is 35.7 Å². The molecule has 27 heavy (non-hydrogen) atoms. The van der Waals surface area contributed by atoms with Gasteiger partial charge in [-0.3, -0.25) is 9.78 Å². The van der Waals surface area contributed by atoms with Gasteiger partial charge in [-0.25, -0.2) is 4.79 Å². The number of hydrogen-bond donors (Lipinski definition) is 2. The summed E-state index contributed by atoms with van der Waals surface area (Å²) in [5, 5.41) is 20.3. The van der Waals surface area contributed by atoms with Crippen LogP contribution in [-0.2, 0) is 20.9 Å². The fraction of sp³-hybridized carbons (Fsp3) is 0.375. The molecule has 0 bridgehead atoms. The number of pyridine rings is 1. The van der Waals surface area contributed by atoms with E-state index in [4.69, 9.17) is 10.5 Å². The number of aliphatic hydroxyl groups excluding tert-OH is 1. The molecule has 0 radical (unpaired) electrons. The van der Waals surface area contributed by atoms with Gasteiger partial charge in [-0.1, -0.05) is 0 Å². The smallest absolute Gasteiger partial charge is 0.548 e. The fourth-order valence-electron chi connectivity index (χ4n) is 3.09. The van der Waals surface area contributed by atoms with Crippen LogP contribution in [0.3, 0.4) is 0 Å². The fourth-order valence-corrected chi connectivity index (χ4v) is 4.69. The van der Waals surface area contributed by atoms with Crippen LogP contribution < -0.4 is 40.4 Å². The van der Waals surface area contributed by atoms with Crippen LogP contribution in [0.4, 0.5) is 4.79 Å². The summed E-state index contributed by atoms with van der Waals surface area (Å²) in [6, 6.07) is 2.03. The third-order valence-electron chi connectivity index (χ3n) is 4.29. The molecule has 2 aliphatic rings. The Kier molecular flexibility index (Phi) is 6.59. The van der Waals surface area contributed by atoms with E-state index in [0.29, 0.717) is 16.8 Å². The second-order valence-electron chi connectivity index (χ2n) is 6.17. The van der Waals surface area contributed by atoms with E-state index < -0.39 is 34.1 Å². The predicted octanol–water partition coefficient (Wildman–Crippen LogP) is -4.15. The third kappa shape index (κ3) is 3.99. The van der Waals surface area contributed by atoms with Gasteiger partial charge in [0, 0.05) is 6.20 Å². The number of fused-ring (bicyclic) bond motifs is 1. The summed E-state index contributed by atoms with van der Waals surface area (Å²) in [6.45, 7) is 1.15. The Morgan fingerprint density at radius 1 is 1.56 bits per heavy atom. The van der Waals surface area contributed by atoms with Crippen LogP contribution in [0.15, 0.2) is 23.9 Å². The molecule has 138 valence electrons. The van der Waals surface area contributed by atoms with Gasteiger partial charge in [0.2, 0.25) is 0 Å². The van der Waals surface area contributed by atoms with Crippen molar-refractivity contribution in [3.8, 4) is 0 Å². The number of ether oxygens (including phenoxy) is 1. The minimum Gasteiger partial charge on any atom is -0.548 e. The Morgan fingerprint density at radius 3 is 2.85 bits per heavy atom. The number of aliphatic hydroxyl groups is 1. The van der Waals surface area contributed by atoms with Crippen LogP contribution in [0.5, 0.6) is 0 Å². The van der Waals surface area contributed by atoms with Gasteiger partial charge in [0.25, 0.3) is 5.91 Å². The molecule has 1 unspecified atom stereocenters. The molecule has 3 N–H and O–H groups in total. The maximum Gasteiger partial charge on any atom is 1.00 e. The van der Waals surface area contributed by atoms with E-state index in [-0.39, 0.29) is 42.8 Å². The van der Waals surface area contributed by atoms with Crippen molar-refractivity contribution in [3.63, 3.8) is 0 Å². The van der Waals surface area contributed by atoms with Crippen molar-refractivity contribution < 1.29 is 58.9 Å². The summed E-state index contributed by atoms with van der Waals surface area (Å²) in [5.41, 5.74) is 6.47. The summed E-state index contributed by atoms with van der Waals surface area (Å²) >= 11 is 1.19. The first-order chi connectivity index (χ1) is 12.3. The van der Waals surface area contributed by atoms with Gasteiger partial charge in [0.15, 0.2) is 0 Å². The van der Waals surface area contributed by atoms with E-state index in [1.165, 1.54) is 22.9 Å². The summed E-state index contributed by atoms with van der Waals surface area (Å²) in [5.74, 6) is -1.88. The number of nitrogens with zero attached hydrogens (tertiary/aromatic N) is 2. The van der Waals surface area contributed by atoms with Gasteiger partial charge < -0.3 is 30.4 Å². The molecule has 2 saturated heterocycles. The van der Waals surface area contributed by atoms with E-state index in [1.54, 1.807) is 25.1 Å². The molecule has 2 amide bonds. The number of hydrogen-bond acceptors (Lipinski definition) is 8. The summed E-state index contributed by atoms with van der Waals surface area (Å²) in [6.07, 6.45) is 2.04. The number of aromatic nitrogens is 1. The topological polar surface area (TPSA) is 146 Å². The Balaban J connectivity index is 0.00000261. The number of carboxylic acid groups (broad SMARTS) is 1. The molecule has 0 aromatic carbocycles. The molecule has 3 atom stereocenters. The predicted molar refractivity (Wildman–Crippen MR) is 89.1 cm³/mol. The van der Waals surface area contributed by atoms with Crippen molar-refractivity contribution >= 4 is 35.8 Å². The second kappa shape index (κ2) is 8.19. The number of thioether (sulfide) groups is 1. The molecule has 1 aromatic heterocycles.